The second-order valence-corrected chi connectivity index (χ2v) is 7.33. The maximum atomic E-state index is 11.5. The molecule has 0 spiro atoms. The number of amides is 1. The standard InChI is InChI=1S/C16H19BrN2OS/c1-3-18-16(20)10-12-4-6-13(7-5-12)19-11(2)14-8-9-15(17)21-14/h4-9,11,19H,3,10H2,1-2H3,(H,18,20). The molecule has 1 heterocycles. The van der Waals surface area contributed by atoms with E-state index in [9.17, 15) is 4.79 Å². The molecule has 2 aromatic rings. The van der Waals surface area contributed by atoms with Crippen molar-refractivity contribution < 1.29 is 4.79 Å². The number of thiophene rings is 1. The third kappa shape index (κ3) is 4.86. The lowest BCUT2D eigenvalue weighted by molar-refractivity contribution is -0.120. The number of rotatable bonds is 6. The summed E-state index contributed by atoms with van der Waals surface area (Å²) < 4.78 is 1.14. The summed E-state index contributed by atoms with van der Waals surface area (Å²) in [5.74, 6) is 0.0648. The van der Waals surface area contributed by atoms with Gasteiger partial charge in [-0.1, -0.05) is 12.1 Å². The average molecular weight is 367 g/mol. The van der Waals surface area contributed by atoms with Gasteiger partial charge < -0.3 is 10.6 Å². The lowest BCUT2D eigenvalue weighted by Crippen LogP contribution is -2.24. The number of halogens is 1. The van der Waals surface area contributed by atoms with Crippen molar-refractivity contribution in [2.45, 2.75) is 26.3 Å². The first-order valence-electron chi connectivity index (χ1n) is 6.96. The minimum absolute atomic E-state index is 0.0648. The first kappa shape index (κ1) is 16.0. The van der Waals surface area contributed by atoms with Gasteiger partial charge in [0.05, 0.1) is 16.2 Å². The van der Waals surface area contributed by atoms with Crippen LogP contribution in [0.5, 0.6) is 0 Å². The van der Waals surface area contributed by atoms with Crippen molar-refractivity contribution in [1.29, 1.82) is 0 Å². The Morgan fingerprint density at radius 2 is 1.95 bits per heavy atom. The van der Waals surface area contributed by atoms with E-state index in [-0.39, 0.29) is 11.9 Å². The van der Waals surface area contributed by atoms with E-state index in [1.54, 1.807) is 11.3 Å². The van der Waals surface area contributed by atoms with Crippen LogP contribution in [0, 0.1) is 0 Å². The Kier molecular flexibility index (Phi) is 5.82. The van der Waals surface area contributed by atoms with Crippen LogP contribution in [0.3, 0.4) is 0 Å². The van der Waals surface area contributed by atoms with Crippen LogP contribution in [0.1, 0.15) is 30.3 Å². The van der Waals surface area contributed by atoms with Gasteiger partial charge in [-0.2, -0.15) is 0 Å². The Bertz CT molecular complexity index is 595. The zero-order chi connectivity index (χ0) is 15.2. The van der Waals surface area contributed by atoms with Crippen molar-refractivity contribution in [2.75, 3.05) is 11.9 Å². The molecule has 21 heavy (non-hydrogen) atoms. The van der Waals surface area contributed by atoms with Crippen LogP contribution in [0.15, 0.2) is 40.2 Å². The zero-order valence-corrected chi connectivity index (χ0v) is 14.6. The van der Waals surface area contributed by atoms with Gasteiger partial charge in [0.15, 0.2) is 0 Å². The van der Waals surface area contributed by atoms with E-state index in [2.05, 4.69) is 45.6 Å². The number of benzene rings is 1. The van der Waals surface area contributed by atoms with Gasteiger partial charge in [0, 0.05) is 17.1 Å². The zero-order valence-electron chi connectivity index (χ0n) is 12.2. The van der Waals surface area contributed by atoms with Gasteiger partial charge in [0.1, 0.15) is 0 Å². The van der Waals surface area contributed by atoms with Crippen molar-refractivity contribution in [3.63, 3.8) is 0 Å². The van der Waals surface area contributed by atoms with Crippen LogP contribution >= 0.6 is 27.3 Å². The Balaban J connectivity index is 1.94. The van der Waals surface area contributed by atoms with Gasteiger partial charge in [-0.15, -0.1) is 11.3 Å². The molecule has 0 aliphatic rings. The Hall–Kier alpha value is -1.33. The second kappa shape index (κ2) is 7.61. The summed E-state index contributed by atoms with van der Waals surface area (Å²) in [5, 5.41) is 6.27. The number of carbonyl (C=O) groups is 1. The highest BCUT2D eigenvalue weighted by Crippen LogP contribution is 2.29. The fraction of sp³-hybridized carbons (Fsp3) is 0.312. The van der Waals surface area contributed by atoms with E-state index in [1.807, 2.05) is 31.2 Å². The van der Waals surface area contributed by atoms with Crippen LogP contribution in [0.2, 0.25) is 0 Å². The molecule has 1 aromatic heterocycles. The molecule has 0 aliphatic heterocycles. The molecule has 3 nitrogen and oxygen atoms in total. The highest BCUT2D eigenvalue weighted by Gasteiger charge is 2.08. The first-order valence-corrected chi connectivity index (χ1v) is 8.57. The van der Waals surface area contributed by atoms with Crippen LogP contribution in [-0.2, 0) is 11.2 Å². The summed E-state index contributed by atoms with van der Waals surface area (Å²) in [7, 11) is 0. The van der Waals surface area contributed by atoms with E-state index in [4.69, 9.17) is 0 Å². The maximum Gasteiger partial charge on any atom is 0.224 e. The summed E-state index contributed by atoms with van der Waals surface area (Å²) >= 11 is 5.22. The molecule has 1 amide bonds. The third-order valence-electron chi connectivity index (χ3n) is 3.10. The topological polar surface area (TPSA) is 41.1 Å². The quantitative estimate of drug-likeness (QED) is 0.797. The summed E-state index contributed by atoms with van der Waals surface area (Å²) in [6, 6.07) is 12.5. The highest BCUT2D eigenvalue weighted by molar-refractivity contribution is 9.11. The molecule has 1 unspecified atom stereocenters. The molecular weight excluding hydrogens is 348 g/mol. The van der Waals surface area contributed by atoms with Gasteiger partial charge in [-0.05, 0) is 59.6 Å². The first-order chi connectivity index (χ1) is 10.1. The van der Waals surface area contributed by atoms with E-state index >= 15 is 0 Å². The van der Waals surface area contributed by atoms with Crippen LogP contribution < -0.4 is 10.6 Å². The van der Waals surface area contributed by atoms with Crippen LogP contribution in [0.25, 0.3) is 0 Å². The second-order valence-electron chi connectivity index (χ2n) is 4.84. The van der Waals surface area contributed by atoms with Gasteiger partial charge in [0.2, 0.25) is 5.91 Å². The number of hydrogen-bond donors (Lipinski definition) is 2. The fourth-order valence-corrected chi connectivity index (χ4v) is 3.47. The molecule has 1 aromatic carbocycles. The molecule has 112 valence electrons. The summed E-state index contributed by atoms with van der Waals surface area (Å²) in [4.78, 5) is 12.8. The Morgan fingerprint density at radius 1 is 1.24 bits per heavy atom. The van der Waals surface area contributed by atoms with Gasteiger partial charge >= 0.3 is 0 Å². The van der Waals surface area contributed by atoms with Gasteiger partial charge in [0.25, 0.3) is 0 Å². The normalized spacial score (nSPS) is 12.0. The van der Waals surface area contributed by atoms with Crippen molar-refractivity contribution in [3.05, 3.63) is 50.6 Å². The summed E-state index contributed by atoms with van der Waals surface area (Å²) in [6.45, 7) is 4.74. The van der Waals surface area contributed by atoms with E-state index in [1.165, 1.54) is 4.88 Å². The largest absolute Gasteiger partial charge is 0.378 e. The van der Waals surface area contributed by atoms with E-state index in [0.717, 1.165) is 15.0 Å². The predicted octanol–water partition coefficient (Wildman–Crippen LogP) is 4.36. The van der Waals surface area contributed by atoms with E-state index < -0.39 is 0 Å². The van der Waals surface area contributed by atoms with Crippen molar-refractivity contribution >= 4 is 38.9 Å². The molecule has 1 atom stereocenters. The third-order valence-corrected chi connectivity index (χ3v) is 4.90. The van der Waals surface area contributed by atoms with Crippen molar-refractivity contribution in [1.82, 2.24) is 5.32 Å². The Morgan fingerprint density at radius 3 is 2.52 bits per heavy atom. The molecule has 0 fully saturated rings. The maximum absolute atomic E-state index is 11.5. The number of likely N-dealkylation sites (N-methyl/N-ethyl adjacent to an activating group) is 1. The molecule has 2 N–H and O–H groups in total. The average Bonchev–Trinajstić information content (AvgIpc) is 2.88. The predicted molar refractivity (Wildman–Crippen MR) is 92.9 cm³/mol. The van der Waals surface area contributed by atoms with E-state index in [0.29, 0.717) is 13.0 Å². The van der Waals surface area contributed by atoms with Crippen molar-refractivity contribution in [3.8, 4) is 0 Å². The minimum atomic E-state index is 0.0648. The molecule has 2 rings (SSSR count). The molecule has 0 aliphatic carbocycles. The van der Waals surface area contributed by atoms with Crippen LogP contribution in [0.4, 0.5) is 5.69 Å². The van der Waals surface area contributed by atoms with Crippen LogP contribution in [-0.4, -0.2) is 12.5 Å². The smallest absolute Gasteiger partial charge is 0.224 e. The minimum Gasteiger partial charge on any atom is -0.378 e. The summed E-state index contributed by atoms with van der Waals surface area (Å²) in [6.07, 6.45) is 0.432. The molecule has 0 bridgehead atoms. The summed E-state index contributed by atoms with van der Waals surface area (Å²) in [5.41, 5.74) is 2.09. The monoisotopic (exact) mass is 366 g/mol. The lowest BCUT2D eigenvalue weighted by Gasteiger charge is -2.14. The molecule has 0 saturated carbocycles. The molecule has 0 saturated heterocycles. The molecule has 0 radical (unpaired) electrons. The number of anilines is 1. The Labute approximate surface area is 137 Å². The van der Waals surface area contributed by atoms with Gasteiger partial charge in [-0.3, -0.25) is 4.79 Å². The SMILES string of the molecule is CCNC(=O)Cc1ccc(NC(C)c2ccc(Br)s2)cc1. The number of nitrogens with one attached hydrogen (secondary N) is 2. The van der Waals surface area contributed by atoms with Crippen molar-refractivity contribution in [2.24, 2.45) is 0 Å². The molecular formula is C16H19BrN2OS. The highest BCUT2D eigenvalue weighted by atomic mass is 79.9. The van der Waals surface area contributed by atoms with Gasteiger partial charge in [-0.25, -0.2) is 0 Å². The lowest BCUT2D eigenvalue weighted by atomic mass is 10.1. The number of carbonyl (C=O) groups excluding carboxylic acids is 1. The number of hydrogen-bond acceptors (Lipinski definition) is 3. The molecule has 5 heteroatoms. The fourth-order valence-electron chi connectivity index (χ4n) is 2.05.